The second-order valence-corrected chi connectivity index (χ2v) is 18.9. The van der Waals surface area contributed by atoms with Crippen LogP contribution < -0.4 is 15.6 Å². The summed E-state index contributed by atoms with van der Waals surface area (Å²) in [7, 11) is -12.3. The van der Waals surface area contributed by atoms with E-state index in [4.69, 9.17) is 21.5 Å². The third-order valence-corrected chi connectivity index (χ3v) is 17.1. The fourth-order valence-electron chi connectivity index (χ4n) is 4.29. The Balaban J connectivity index is 1.70. The van der Waals surface area contributed by atoms with E-state index in [2.05, 4.69) is 47.8 Å². The molecule has 2 heterocycles. The number of benzene rings is 3. The third kappa shape index (κ3) is 5.19. The molecule has 2 N–H and O–H groups in total. The molecule has 0 saturated carbocycles. The highest BCUT2D eigenvalue weighted by atomic mass is 79.9. The first-order valence-electron chi connectivity index (χ1n) is 11.2. The zero-order valence-electron chi connectivity index (χ0n) is 19.2. The maximum absolute atomic E-state index is 12.0. The van der Waals surface area contributed by atoms with Gasteiger partial charge in [-0.25, -0.2) is 0 Å². The van der Waals surface area contributed by atoms with Crippen LogP contribution >= 0.6 is 47.8 Å². The van der Waals surface area contributed by atoms with Crippen LogP contribution in [0.3, 0.4) is 0 Å². The van der Waals surface area contributed by atoms with Crippen molar-refractivity contribution in [2.24, 2.45) is 0 Å². The number of hydrogen-bond donors (Lipinski definition) is 2. The standard InChI is InChI=1S/C23H23Br3O7Si3/c1-15-23-16(2)30-35(28,21-11-5-18(25)6-12-21)33-36(31-23,22-13-7-19(26)8-14-22)32-34(27,29-15)20-9-3-17(24)4-10-20/h3-16,23,27-28H,1-2H3/t15-,16+,23?,34?,35?,36?. The summed E-state index contributed by atoms with van der Waals surface area (Å²) in [6, 6.07) is 21.6. The Hall–Kier alpha value is -0.529. The molecule has 2 bridgehead atoms. The molecule has 6 atom stereocenters. The monoisotopic (exact) mass is 732 g/mol. The number of halogens is 3. The van der Waals surface area contributed by atoms with Gasteiger partial charge in [0.05, 0.1) is 18.3 Å². The Labute approximate surface area is 237 Å². The summed E-state index contributed by atoms with van der Waals surface area (Å²) in [5.74, 6) is 0. The van der Waals surface area contributed by atoms with Gasteiger partial charge in [-0.1, -0.05) is 84.2 Å². The molecule has 0 amide bonds. The first kappa shape index (κ1) is 27.1. The molecule has 2 saturated heterocycles. The van der Waals surface area contributed by atoms with Gasteiger partial charge in [0, 0.05) is 29.0 Å². The van der Waals surface area contributed by atoms with Crippen molar-refractivity contribution in [3.63, 3.8) is 0 Å². The highest BCUT2D eigenvalue weighted by Crippen LogP contribution is 2.34. The molecule has 5 rings (SSSR count). The molecule has 3 aromatic rings. The number of rotatable bonds is 3. The normalized spacial score (nSPS) is 34.6. The number of hydrogen-bond acceptors (Lipinski definition) is 7. The molecule has 13 heteroatoms. The highest BCUT2D eigenvalue weighted by Gasteiger charge is 2.67. The van der Waals surface area contributed by atoms with Gasteiger partial charge in [-0.2, -0.15) is 0 Å². The highest BCUT2D eigenvalue weighted by molar-refractivity contribution is 9.11. The lowest BCUT2D eigenvalue weighted by atomic mass is 10.1. The zero-order chi connectivity index (χ0) is 25.7. The van der Waals surface area contributed by atoms with Crippen LogP contribution in [0.1, 0.15) is 13.8 Å². The minimum atomic E-state index is -4.10. The van der Waals surface area contributed by atoms with Crippen molar-refractivity contribution in [2.75, 3.05) is 0 Å². The van der Waals surface area contributed by atoms with Gasteiger partial charge in [-0.05, 0) is 50.2 Å². The van der Waals surface area contributed by atoms with E-state index < -0.39 is 44.7 Å². The van der Waals surface area contributed by atoms with Crippen LogP contribution in [-0.4, -0.2) is 54.3 Å². The van der Waals surface area contributed by atoms with Gasteiger partial charge in [0.25, 0.3) is 0 Å². The molecule has 0 radical (unpaired) electrons. The average molecular weight is 735 g/mol. The summed E-state index contributed by atoms with van der Waals surface area (Å²) < 4.78 is 34.9. The fourth-order valence-corrected chi connectivity index (χ4v) is 15.4. The zero-order valence-corrected chi connectivity index (χ0v) is 27.0. The molecule has 2 fully saturated rings. The van der Waals surface area contributed by atoms with Crippen molar-refractivity contribution < 1.29 is 31.1 Å². The van der Waals surface area contributed by atoms with Crippen LogP contribution in [0.25, 0.3) is 0 Å². The van der Waals surface area contributed by atoms with E-state index in [9.17, 15) is 9.59 Å². The molecule has 2 aliphatic heterocycles. The number of fused-ring (bicyclic) bond motifs is 2. The Morgan fingerprint density at radius 1 is 0.556 bits per heavy atom. The second-order valence-electron chi connectivity index (χ2n) is 8.67. The third-order valence-electron chi connectivity index (χ3n) is 6.07. The average Bonchev–Trinajstić information content (AvgIpc) is 3.02. The Morgan fingerprint density at radius 3 is 1.25 bits per heavy atom. The van der Waals surface area contributed by atoms with Crippen LogP contribution in [-0.2, 0) is 21.5 Å². The first-order chi connectivity index (χ1) is 17.0. The van der Waals surface area contributed by atoms with Crippen molar-refractivity contribution >= 4 is 89.8 Å². The van der Waals surface area contributed by atoms with Gasteiger partial charge in [0.2, 0.25) is 0 Å². The summed E-state index contributed by atoms with van der Waals surface area (Å²) in [6.45, 7) is 3.62. The minimum Gasteiger partial charge on any atom is -0.387 e. The lowest BCUT2D eigenvalue weighted by Gasteiger charge is -2.36. The lowest BCUT2D eigenvalue weighted by molar-refractivity contribution is -0.0170. The van der Waals surface area contributed by atoms with E-state index in [1.54, 1.807) is 24.3 Å². The summed E-state index contributed by atoms with van der Waals surface area (Å²) >= 11 is 10.3. The van der Waals surface area contributed by atoms with E-state index in [1.807, 2.05) is 62.4 Å². The van der Waals surface area contributed by atoms with Gasteiger partial charge in [-0.3, -0.25) is 0 Å². The Bertz CT molecular complexity index is 1170. The maximum Gasteiger partial charge on any atom is 0.527 e. The van der Waals surface area contributed by atoms with E-state index >= 15 is 0 Å². The molecule has 2 aliphatic rings. The molecular formula is C23H23Br3O7Si3. The molecule has 0 aliphatic carbocycles. The molecule has 3 aromatic carbocycles. The van der Waals surface area contributed by atoms with Gasteiger partial charge in [-0.15, -0.1) is 0 Å². The fraction of sp³-hybridized carbons (Fsp3) is 0.217. The van der Waals surface area contributed by atoms with Crippen molar-refractivity contribution in [3.05, 3.63) is 86.2 Å². The van der Waals surface area contributed by atoms with Gasteiger partial charge in [0.1, 0.15) is 0 Å². The first-order valence-corrected chi connectivity index (χ1v) is 18.8. The topological polar surface area (TPSA) is 86.6 Å². The quantitative estimate of drug-likeness (QED) is 0.401. The van der Waals surface area contributed by atoms with Crippen LogP contribution in [0.4, 0.5) is 0 Å². The van der Waals surface area contributed by atoms with Crippen LogP contribution in [0.15, 0.2) is 86.2 Å². The molecule has 190 valence electrons. The summed E-state index contributed by atoms with van der Waals surface area (Å²) in [4.78, 5) is 24.0. The molecule has 7 nitrogen and oxygen atoms in total. The van der Waals surface area contributed by atoms with Crippen molar-refractivity contribution in [2.45, 2.75) is 32.2 Å². The molecule has 0 spiro atoms. The Kier molecular flexibility index (Phi) is 7.68. The largest absolute Gasteiger partial charge is 0.527 e. The van der Waals surface area contributed by atoms with Crippen LogP contribution in [0.2, 0.25) is 0 Å². The van der Waals surface area contributed by atoms with E-state index in [1.165, 1.54) is 0 Å². The van der Waals surface area contributed by atoms with Crippen molar-refractivity contribution in [3.8, 4) is 0 Å². The maximum atomic E-state index is 12.0. The van der Waals surface area contributed by atoms with E-state index in [0.717, 1.165) is 13.4 Å². The van der Waals surface area contributed by atoms with Crippen molar-refractivity contribution in [1.29, 1.82) is 0 Å². The van der Waals surface area contributed by atoms with Crippen LogP contribution in [0.5, 0.6) is 0 Å². The predicted octanol–water partition coefficient (Wildman–Crippen LogP) is 3.05. The summed E-state index contributed by atoms with van der Waals surface area (Å²) in [5.41, 5.74) is 0. The van der Waals surface area contributed by atoms with E-state index in [-0.39, 0.29) is 0 Å². The van der Waals surface area contributed by atoms with Gasteiger partial charge in [0.15, 0.2) is 0 Å². The molecule has 0 aromatic heterocycles. The summed E-state index contributed by atoms with van der Waals surface area (Å²) in [6.07, 6.45) is -1.90. The molecule has 4 unspecified atom stereocenters. The van der Waals surface area contributed by atoms with Gasteiger partial charge >= 0.3 is 26.4 Å². The minimum absolute atomic E-state index is 0.502. The Morgan fingerprint density at radius 2 is 0.889 bits per heavy atom. The van der Waals surface area contributed by atoms with Crippen molar-refractivity contribution in [1.82, 2.24) is 0 Å². The predicted molar refractivity (Wildman–Crippen MR) is 151 cm³/mol. The summed E-state index contributed by atoms with van der Waals surface area (Å²) in [5, 5.41) is 1.59. The molecular weight excluding hydrogens is 712 g/mol. The SMILES string of the molecule is C[C@@H]1O[Si](O)(c2ccc(Br)cc2)O[Si]2(c3ccc(Br)cc3)OC1[C@@H](C)O[Si](O)(c1ccc(Br)cc1)O2. The molecule has 36 heavy (non-hydrogen) atoms. The van der Waals surface area contributed by atoms with Crippen LogP contribution in [0, 0.1) is 0 Å². The second kappa shape index (κ2) is 10.2. The smallest absolute Gasteiger partial charge is 0.387 e. The van der Waals surface area contributed by atoms with E-state index in [0.29, 0.717) is 15.6 Å². The van der Waals surface area contributed by atoms with Gasteiger partial charge < -0.3 is 31.1 Å². The lowest BCUT2D eigenvalue weighted by Crippen LogP contribution is -2.71.